The van der Waals surface area contributed by atoms with Gasteiger partial charge < -0.3 is 19.8 Å². The Kier molecular flexibility index (Phi) is 5.55. The summed E-state index contributed by atoms with van der Waals surface area (Å²) in [6.45, 7) is 5.03. The number of hydrogen-bond acceptors (Lipinski definition) is 7. The Labute approximate surface area is 189 Å². The van der Waals surface area contributed by atoms with Crippen LogP contribution in [-0.2, 0) is 17.8 Å². The molecule has 164 valence electrons. The first-order valence-corrected chi connectivity index (χ1v) is 11.4. The summed E-state index contributed by atoms with van der Waals surface area (Å²) < 4.78 is 10.6. The molecule has 1 aromatic carbocycles. The zero-order valence-electron chi connectivity index (χ0n) is 17.6. The highest BCUT2D eigenvalue weighted by atomic mass is 32.1. The smallest absolute Gasteiger partial charge is 0.336 e. The lowest BCUT2D eigenvalue weighted by atomic mass is 10.0. The third kappa shape index (κ3) is 4.06. The Morgan fingerprint density at radius 3 is 3.03 bits per heavy atom. The largest absolute Gasteiger partial charge is 0.465 e. The summed E-state index contributed by atoms with van der Waals surface area (Å²) >= 11 is 1.66. The predicted molar refractivity (Wildman–Crippen MR) is 123 cm³/mol. The van der Waals surface area contributed by atoms with Gasteiger partial charge in [0.25, 0.3) is 5.91 Å². The third-order valence-corrected chi connectivity index (χ3v) is 6.85. The topological polar surface area (TPSA) is 83.8 Å². The van der Waals surface area contributed by atoms with E-state index in [0.717, 1.165) is 42.2 Å². The Morgan fingerprint density at radius 2 is 2.22 bits per heavy atom. The number of rotatable bonds is 5. The number of thiophene rings is 1. The van der Waals surface area contributed by atoms with Gasteiger partial charge in [0.2, 0.25) is 0 Å². The predicted octanol–water partition coefficient (Wildman–Crippen LogP) is 4.19. The quantitative estimate of drug-likeness (QED) is 0.345. The van der Waals surface area contributed by atoms with E-state index in [2.05, 4.69) is 22.5 Å². The highest BCUT2D eigenvalue weighted by Gasteiger charge is 2.33. The normalized spacial score (nSPS) is 18.0. The number of ether oxygens (including phenoxy) is 1. The molecule has 0 bridgehead atoms. The van der Waals surface area contributed by atoms with Crippen molar-refractivity contribution in [3.8, 4) is 5.75 Å². The van der Waals surface area contributed by atoms with Gasteiger partial charge in [-0.1, -0.05) is 19.1 Å². The van der Waals surface area contributed by atoms with Crippen molar-refractivity contribution < 1.29 is 18.7 Å². The molecule has 0 unspecified atom stereocenters. The van der Waals surface area contributed by atoms with E-state index in [1.54, 1.807) is 47.7 Å². The summed E-state index contributed by atoms with van der Waals surface area (Å²) in [7, 11) is 0. The fourth-order valence-electron chi connectivity index (χ4n) is 4.05. The van der Waals surface area contributed by atoms with E-state index >= 15 is 0 Å². The number of carbonyl (C=O) groups is 2. The maximum atomic E-state index is 13.0. The van der Waals surface area contributed by atoms with Crippen LogP contribution in [0.2, 0.25) is 0 Å². The van der Waals surface area contributed by atoms with Crippen molar-refractivity contribution in [1.29, 1.82) is 0 Å². The van der Waals surface area contributed by atoms with Crippen molar-refractivity contribution in [3.05, 3.63) is 76.1 Å². The summed E-state index contributed by atoms with van der Waals surface area (Å²) in [5.41, 5.74) is 2.76. The molecule has 1 atom stereocenters. The minimum absolute atomic E-state index is 0.0602. The van der Waals surface area contributed by atoms with E-state index in [0.29, 0.717) is 11.5 Å². The number of carbonyl (C=O) groups excluding carboxylic acids is 2. The van der Waals surface area contributed by atoms with Crippen LogP contribution in [0.25, 0.3) is 6.08 Å². The van der Waals surface area contributed by atoms with Gasteiger partial charge in [-0.15, -0.1) is 11.3 Å². The summed E-state index contributed by atoms with van der Waals surface area (Å²) in [4.78, 5) is 28.7. The van der Waals surface area contributed by atoms with Crippen LogP contribution >= 0.6 is 11.3 Å². The van der Waals surface area contributed by atoms with Crippen LogP contribution in [0, 0.1) is 0 Å². The number of nitrogens with zero attached hydrogens (tertiary/aromatic N) is 1. The number of esters is 1. The molecule has 0 saturated heterocycles. The molecule has 0 spiro atoms. The Hall–Kier alpha value is -3.36. The van der Waals surface area contributed by atoms with Gasteiger partial charge in [0.15, 0.2) is 0 Å². The first kappa shape index (κ1) is 20.5. The molecule has 0 radical (unpaired) electrons. The van der Waals surface area contributed by atoms with E-state index in [1.165, 1.54) is 22.8 Å². The van der Waals surface area contributed by atoms with Gasteiger partial charge in [-0.25, -0.2) is 4.79 Å². The number of furan rings is 1. The van der Waals surface area contributed by atoms with Gasteiger partial charge in [-0.2, -0.15) is 0 Å². The molecule has 4 heterocycles. The highest BCUT2D eigenvalue weighted by Crippen LogP contribution is 2.40. The molecule has 0 saturated carbocycles. The molecule has 2 aliphatic heterocycles. The van der Waals surface area contributed by atoms with Crippen molar-refractivity contribution >= 4 is 34.3 Å². The Balaban J connectivity index is 1.32. The van der Waals surface area contributed by atoms with Gasteiger partial charge in [-0.3, -0.25) is 9.69 Å². The molecule has 32 heavy (non-hydrogen) atoms. The molecule has 0 aliphatic carbocycles. The van der Waals surface area contributed by atoms with Crippen molar-refractivity contribution in [2.75, 3.05) is 18.4 Å². The molecule has 2 aliphatic rings. The first-order valence-electron chi connectivity index (χ1n) is 10.6. The van der Waals surface area contributed by atoms with Crippen molar-refractivity contribution in [3.63, 3.8) is 0 Å². The second-order valence-corrected chi connectivity index (χ2v) is 8.83. The lowest BCUT2D eigenvalue weighted by molar-refractivity contribution is -0.128. The maximum Gasteiger partial charge on any atom is 0.336 e. The van der Waals surface area contributed by atoms with Gasteiger partial charge in [0.1, 0.15) is 22.7 Å². The Morgan fingerprint density at radius 1 is 1.31 bits per heavy atom. The molecule has 2 aromatic heterocycles. The zero-order valence-corrected chi connectivity index (χ0v) is 18.4. The van der Waals surface area contributed by atoms with E-state index in [-0.39, 0.29) is 5.91 Å². The number of nitrogens with one attached hydrogen (secondary N) is 2. The van der Waals surface area contributed by atoms with E-state index in [9.17, 15) is 9.59 Å². The minimum atomic E-state index is -0.507. The third-order valence-electron chi connectivity index (χ3n) is 5.70. The van der Waals surface area contributed by atoms with Crippen LogP contribution in [0.1, 0.15) is 45.2 Å². The second kappa shape index (κ2) is 8.64. The summed E-state index contributed by atoms with van der Waals surface area (Å²) in [6, 6.07) is 10.7. The number of likely N-dealkylation sites (N-methyl/N-ethyl adjacent to an activating group) is 1. The van der Waals surface area contributed by atoms with Crippen molar-refractivity contribution in [2.45, 2.75) is 26.1 Å². The maximum absolute atomic E-state index is 13.0. The van der Waals surface area contributed by atoms with E-state index < -0.39 is 12.1 Å². The Bertz CT molecular complexity index is 1180. The van der Waals surface area contributed by atoms with Crippen molar-refractivity contribution in [1.82, 2.24) is 10.2 Å². The van der Waals surface area contributed by atoms with Gasteiger partial charge in [0, 0.05) is 24.0 Å². The highest BCUT2D eigenvalue weighted by molar-refractivity contribution is 7.16. The van der Waals surface area contributed by atoms with Crippen LogP contribution in [-0.4, -0.2) is 29.9 Å². The number of hydrogen-bond donors (Lipinski definition) is 2. The molecule has 1 amide bonds. The molecule has 5 rings (SSSR count). The molecular formula is C24H23N3O4S. The monoisotopic (exact) mass is 449 g/mol. The summed E-state index contributed by atoms with van der Waals surface area (Å²) in [6.07, 6.45) is 4.90. The van der Waals surface area contributed by atoms with Crippen LogP contribution in [0.4, 0.5) is 5.00 Å². The number of anilines is 1. The number of amides is 1. The summed E-state index contributed by atoms with van der Waals surface area (Å²) in [5.74, 6) is 0.409. The SMILES string of the molecule is CCN1CCc2c(sc3c2C(=O)N[C@@H](c2cccc(OC(=O)/C=C/c4ccco4)c2)N3)C1. The van der Waals surface area contributed by atoms with Gasteiger partial charge >= 0.3 is 5.97 Å². The molecule has 8 heteroatoms. The van der Waals surface area contributed by atoms with Crippen LogP contribution in [0.5, 0.6) is 5.75 Å². The standard InChI is InChI=1S/C24H23N3O4S/c1-2-27-11-10-18-19(14-27)32-24-21(18)23(29)25-22(26-24)15-5-3-6-17(13-15)31-20(28)9-8-16-7-4-12-30-16/h3-9,12-13,22,26H,2,10-11,14H2,1H3,(H,25,29)/b9-8+/t22-/m1/s1. The van der Waals surface area contributed by atoms with Crippen LogP contribution < -0.4 is 15.4 Å². The van der Waals surface area contributed by atoms with E-state index in [4.69, 9.17) is 9.15 Å². The fraction of sp³-hybridized carbons (Fsp3) is 0.250. The van der Waals surface area contributed by atoms with Crippen LogP contribution in [0.3, 0.4) is 0 Å². The molecule has 0 fully saturated rings. The number of benzene rings is 1. The van der Waals surface area contributed by atoms with E-state index in [1.807, 2.05) is 6.07 Å². The molecule has 3 aromatic rings. The summed E-state index contributed by atoms with van der Waals surface area (Å²) in [5, 5.41) is 7.42. The second-order valence-electron chi connectivity index (χ2n) is 7.72. The lowest BCUT2D eigenvalue weighted by Gasteiger charge is -2.28. The molecule has 7 nitrogen and oxygen atoms in total. The molecule has 2 N–H and O–H groups in total. The van der Waals surface area contributed by atoms with Gasteiger partial charge in [0.05, 0.1) is 11.8 Å². The minimum Gasteiger partial charge on any atom is -0.465 e. The van der Waals surface area contributed by atoms with Crippen molar-refractivity contribution in [2.24, 2.45) is 0 Å². The lowest BCUT2D eigenvalue weighted by Crippen LogP contribution is -2.38. The average Bonchev–Trinajstić information content (AvgIpc) is 3.45. The fourth-order valence-corrected chi connectivity index (χ4v) is 5.36. The average molecular weight is 450 g/mol. The van der Waals surface area contributed by atoms with Gasteiger partial charge in [-0.05, 0) is 54.4 Å². The zero-order chi connectivity index (χ0) is 22.1. The molecular weight excluding hydrogens is 426 g/mol. The number of fused-ring (bicyclic) bond motifs is 3. The van der Waals surface area contributed by atoms with Crippen LogP contribution in [0.15, 0.2) is 53.2 Å². The first-order chi connectivity index (χ1) is 15.6.